The molecule has 0 aliphatic heterocycles. The van der Waals surface area contributed by atoms with E-state index in [-0.39, 0.29) is 6.10 Å². The lowest BCUT2D eigenvalue weighted by atomic mass is 10.0. The van der Waals surface area contributed by atoms with Gasteiger partial charge < -0.3 is 5.11 Å². The van der Waals surface area contributed by atoms with Crippen LogP contribution < -0.4 is 0 Å². The average Bonchev–Trinajstić information content (AvgIpc) is 2.18. The maximum absolute atomic E-state index is 9.89. The van der Waals surface area contributed by atoms with Gasteiger partial charge in [0.2, 0.25) is 0 Å². The molecule has 0 radical (unpaired) electrons. The molecular weight excluding hydrogens is 240 g/mol. The molecule has 0 fully saturated rings. The minimum absolute atomic E-state index is 0.384. The zero-order chi connectivity index (χ0) is 10.6. The van der Waals surface area contributed by atoms with Gasteiger partial charge in [-0.1, -0.05) is 28.1 Å². The molecule has 2 heteroatoms. The molecule has 1 nitrogen and oxygen atoms in total. The molecule has 0 aliphatic rings. The Bertz CT molecular complexity index is 320. The molecule has 0 amide bonds. The van der Waals surface area contributed by atoms with Crippen LogP contribution in [0.15, 0.2) is 35.3 Å². The molecule has 1 unspecified atom stereocenters. The number of hydrogen-bond acceptors (Lipinski definition) is 1. The molecule has 0 bridgehead atoms. The Hall–Kier alpha value is -0.600. The second-order valence-corrected chi connectivity index (χ2v) is 4.30. The van der Waals surface area contributed by atoms with E-state index in [0.717, 1.165) is 28.4 Å². The maximum Gasteiger partial charge on any atom is 0.0796 e. The van der Waals surface area contributed by atoms with Gasteiger partial charge in [-0.2, -0.15) is 0 Å². The van der Waals surface area contributed by atoms with Gasteiger partial charge in [0.15, 0.2) is 0 Å². The molecule has 0 aromatic heterocycles. The van der Waals surface area contributed by atoms with E-state index in [1.807, 2.05) is 31.2 Å². The molecular formula is C12H15BrO. The molecule has 1 aromatic carbocycles. The summed E-state index contributed by atoms with van der Waals surface area (Å²) in [7, 11) is 0. The Balaban J connectivity index is 2.82. The number of allylic oxidation sites excluding steroid dienone is 1. The summed E-state index contributed by atoms with van der Waals surface area (Å²) < 4.78 is 1.01. The van der Waals surface area contributed by atoms with E-state index in [9.17, 15) is 5.11 Å². The van der Waals surface area contributed by atoms with Gasteiger partial charge in [0.05, 0.1) is 6.10 Å². The number of hydrogen-bond donors (Lipinski definition) is 1. The van der Waals surface area contributed by atoms with Crippen LogP contribution in [0.1, 0.15) is 30.1 Å². The quantitative estimate of drug-likeness (QED) is 0.812. The van der Waals surface area contributed by atoms with Crippen molar-refractivity contribution in [1.29, 1.82) is 0 Å². The Kier molecular flexibility index (Phi) is 4.36. The molecule has 0 saturated heterocycles. The lowest BCUT2D eigenvalue weighted by molar-refractivity contribution is 0.168. The van der Waals surface area contributed by atoms with Gasteiger partial charge in [-0.25, -0.2) is 0 Å². The molecule has 0 aliphatic carbocycles. The van der Waals surface area contributed by atoms with Crippen molar-refractivity contribution in [2.45, 2.75) is 25.9 Å². The fourth-order valence-corrected chi connectivity index (χ4v) is 1.78. The predicted molar refractivity (Wildman–Crippen MR) is 63.3 cm³/mol. The SMILES string of the molecule is C=CCCC(O)c1cc(Br)ccc1C. The van der Waals surface area contributed by atoms with Crippen molar-refractivity contribution < 1.29 is 5.11 Å². The number of aliphatic hydroxyl groups excluding tert-OH is 1. The van der Waals surface area contributed by atoms with Gasteiger partial charge >= 0.3 is 0 Å². The van der Waals surface area contributed by atoms with Gasteiger partial charge in [0.1, 0.15) is 0 Å². The molecule has 0 spiro atoms. The number of aliphatic hydroxyl groups is 1. The van der Waals surface area contributed by atoms with Crippen molar-refractivity contribution in [2.24, 2.45) is 0 Å². The molecule has 1 atom stereocenters. The van der Waals surface area contributed by atoms with Crippen LogP contribution in [0.4, 0.5) is 0 Å². The van der Waals surface area contributed by atoms with E-state index in [1.165, 1.54) is 0 Å². The van der Waals surface area contributed by atoms with Crippen LogP contribution in [0.2, 0.25) is 0 Å². The summed E-state index contributed by atoms with van der Waals surface area (Å²) in [4.78, 5) is 0. The first-order valence-electron chi connectivity index (χ1n) is 4.70. The Morgan fingerprint density at radius 1 is 1.57 bits per heavy atom. The van der Waals surface area contributed by atoms with Gasteiger partial charge in [0.25, 0.3) is 0 Å². The largest absolute Gasteiger partial charge is 0.388 e. The van der Waals surface area contributed by atoms with Crippen molar-refractivity contribution in [3.05, 3.63) is 46.5 Å². The second kappa shape index (κ2) is 5.32. The van der Waals surface area contributed by atoms with Crippen molar-refractivity contribution in [2.75, 3.05) is 0 Å². The summed E-state index contributed by atoms with van der Waals surface area (Å²) in [5.41, 5.74) is 2.13. The zero-order valence-corrected chi connectivity index (χ0v) is 9.92. The fraction of sp³-hybridized carbons (Fsp3) is 0.333. The smallest absolute Gasteiger partial charge is 0.0796 e. The van der Waals surface area contributed by atoms with E-state index in [4.69, 9.17) is 0 Å². The molecule has 14 heavy (non-hydrogen) atoms. The molecule has 1 rings (SSSR count). The number of aryl methyl sites for hydroxylation is 1. The van der Waals surface area contributed by atoms with Crippen LogP contribution in [0, 0.1) is 6.92 Å². The summed E-state index contributed by atoms with van der Waals surface area (Å²) in [6, 6.07) is 5.97. The van der Waals surface area contributed by atoms with Gasteiger partial charge in [-0.3, -0.25) is 0 Å². The lowest BCUT2D eigenvalue weighted by Crippen LogP contribution is -1.99. The highest BCUT2D eigenvalue weighted by molar-refractivity contribution is 9.10. The van der Waals surface area contributed by atoms with E-state index in [2.05, 4.69) is 22.5 Å². The first-order chi connectivity index (χ1) is 6.65. The number of rotatable bonds is 4. The average molecular weight is 255 g/mol. The van der Waals surface area contributed by atoms with E-state index < -0.39 is 0 Å². The molecule has 76 valence electrons. The normalized spacial score (nSPS) is 12.5. The summed E-state index contributed by atoms with van der Waals surface area (Å²) in [6.45, 7) is 5.66. The first kappa shape index (κ1) is 11.5. The van der Waals surface area contributed by atoms with Crippen molar-refractivity contribution in [1.82, 2.24) is 0 Å². The number of halogens is 1. The van der Waals surface area contributed by atoms with Gasteiger partial charge in [0, 0.05) is 4.47 Å². The topological polar surface area (TPSA) is 20.2 Å². The fourth-order valence-electron chi connectivity index (χ4n) is 1.40. The summed E-state index contributed by atoms with van der Waals surface area (Å²) >= 11 is 3.40. The third kappa shape index (κ3) is 2.96. The van der Waals surface area contributed by atoms with Crippen LogP contribution in [0.25, 0.3) is 0 Å². The highest BCUT2D eigenvalue weighted by Gasteiger charge is 2.09. The van der Waals surface area contributed by atoms with Gasteiger partial charge in [-0.15, -0.1) is 6.58 Å². The third-order valence-corrected chi connectivity index (χ3v) is 2.74. The minimum Gasteiger partial charge on any atom is -0.388 e. The molecule has 1 N–H and O–H groups in total. The van der Waals surface area contributed by atoms with Crippen LogP contribution >= 0.6 is 15.9 Å². The van der Waals surface area contributed by atoms with Crippen molar-refractivity contribution in [3.63, 3.8) is 0 Å². The van der Waals surface area contributed by atoms with E-state index >= 15 is 0 Å². The maximum atomic E-state index is 9.89. The second-order valence-electron chi connectivity index (χ2n) is 3.38. The highest BCUT2D eigenvalue weighted by Crippen LogP contribution is 2.25. The Labute approximate surface area is 93.6 Å². The summed E-state index contributed by atoms with van der Waals surface area (Å²) in [5.74, 6) is 0. The van der Waals surface area contributed by atoms with Crippen molar-refractivity contribution in [3.8, 4) is 0 Å². The lowest BCUT2D eigenvalue weighted by Gasteiger charge is -2.13. The number of benzene rings is 1. The summed E-state index contributed by atoms with van der Waals surface area (Å²) in [6.07, 6.45) is 3.02. The molecule has 1 aromatic rings. The van der Waals surface area contributed by atoms with Crippen LogP contribution in [0.5, 0.6) is 0 Å². The first-order valence-corrected chi connectivity index (χ1v) is 5.49. The molecule has 0 heterocycles. The Morgan fingerprint density at radius 2 is 2.29 bits per heavy atom. The van der Waals surface area contributed by atoms with Crippen LogP contribution in [0.3, 0.4) is 0 Å². The highest BCUT2D eigenvalue weighted by atomic mass is 79.9. The molecule has 0 saturated carbocycles. The standard InChI is InChI=1S/C12H15BrO/c1-3-4-5-12(14)11-8-10(13)7-6-9(11)2/h3,6-8,12,14H,1,4-5H2,2H3. The monoisotopic (exact) mass is 254 g/mol. The van der Waals surface area contributed by atoms with E-state index in [1.54, 1.807) is 0 Å². The van der Waals surface area contributed by atoms with Crippen molar-refractivity contribution >= 4 is 15.9 Å². The van der Waals surface area contributed by atoms with Gasteiger partial charge in [-0.05, 0) is 43.0 Å². The zero-order valence-electron chi connectivity index (χ0n) is 8.33. The van der Waals surface area contributed by atoms with E-state index in [0.29, 0.717) is 0 Å². The Morgan fingerprint density at radius 3 is 2.93 bits per heavy atom. The van der Waals surface area contributed by atoms with Crippen LogP contribution in [-0.2, 0) is 0 Å². The summed E-state index contributed by atoms with van der Waals surface area (Å²) in [5, 5.41) is 9.89. The predicted octanol–water partition coefficient (Wildman–Crippen LogP) is 3.76. The minimum atomic E-state index is -0.384. The third-order valence-electron chi connectivity index (χ3n) is 2.24. The van der Waals surface area contributed by atoms with Crippen LogP contribution in [-0.4, -0.2) is 5.11 Å².